The van der Waals surface area contributed by atoms with Crippen LogP contribution in [0.4, 0.5) is 0 Å². The quantitative estimate of drug-likeness (QED) is 0.461. The number of quaternary nitrogens is 1. The number of likely N-dealkylation sites (tertiary alicyclic amines) is 1. The van der Waals surface area contributed by atoms with Crippen LogP contribution in [0.25, 0.3) is 22.5 Å². The number of hydrogen-bond acceptors (Lipinski definition) is 6. The average molecular weight is 483 g/mol. The van der Waals surface area contributed by atoms with Gasteiger partial charge in [0.1, 0.15) is 0 Å². The molecule has 10 heteroatoms. The highest BCUT2D eigenvalue weighted by atomic mass is 32.2. The van der Waals surface area contributed by atoms with E-state index < -0.39 is 10.0 Å². The number of nitrogens with one attached hydrogen (secondary N) is 2. The van der Waals surface area contributed by atoms with Crippen molar-refractivity contribution in [2.75, 3.05) is 40.3 Å². The van der Waals surface area contributed by atoms with Gasteiger partial charge >= 0.3 is 0 Å². The van der Waals surface area contributed by atoms with Crippen LogP contribution in [0, 0.1) is 5.92 Å². The van der Waals surface area contributed by atoms with Gasteiger partial charge in [0.2, 0.25) is 15.8 Å². The Labute approximate surface area is 200 Å². The lowest BCUT2D eigenvalue weighted by atomic mass is 9.87. The van der Waals surface area contributed by atoms with Crippen molar-refractivity contribution in [2.24, 2.45) is 11.1 Å². The van der Waals surface area contributed by atoms with Crippen molar-refractivity contribution in [3.05, 3.63) is 47.5 Å². The van der Waals surface area contributed by atoms with Gasteiger partial charge in [0, 0.05) is 19.0 Å². The summed E-state index contributed by atoms with van der Waals surface area (Å²) in [4.78, 5) is 0.109. The topological polar surface area (TPSA) is 127 Å². The maximum absolute atomic E-state index is 13.0. The minimum Gasteiger partial charge on any atom is -0.328 e. The highest BCUT2D eigenvalue weighted by Crippen LogP contribution is 2.39. The number of nitrogens with two attached hydrogens (primary N) is 1. The van der Waals surface area contributed by atoms with E-state index in [1.54, 1.807) is 0 Å². The van der Waals surface area contributed by atoms with E-state index in [0.29, 0.717) is 23.8 Å². The summed E-state index contributed by atoms with van der Waals surface area (Å²) in [6.07, 6.45) is 2.76. The summed E-state index contributed by atoms with van der Waals surface area (Å²) in [5.41, 5.74) is 4.03. The van der Waals surface area contributed by atoms with Gasteiger partial charge in [-0.15, -0.1) is 10.2 Å². The number of aromatic amines is 1. The Morgan fingerprint density at radius 2 is 1.76 bits per heavy atom. The van der Waals surface area contributed by atoms with Crippen molar-refractivity contribution < 1.29 is 12.9 Å². The number of sulfonamides is 1. The van der Waals surface area contributed by atoms with Crippen molar-refractivity contribution >= 4 is 10.0 Å². The molecule has 3 heterocycles. The maximum Gasteiger partial charge on any atom is 0.239 e. The molecule has 0 unspecified atom stereocenters. The fraction of sp³-hybridized carbons (Fsp3) is 0.458. The first kappa shape index (κ1) is 23.1. The second-order valence-corrected chi connectivity index (χ2v) is 11.8. The molecule has 0 saturated carbocycles. The molecule has 2 fully saturated rings. The summed E-state index contributed by atoms with van der Waals surface area (Å²) in [7, 11) is 0.431. The Morgan fingerprint density at radius 1 is 1.06 bits per heavy atom. The molecule has 0 aliphatic carbocycles. The van der Waals surface area contributed by atoms with Gasteiger partial charge in [0.15, 0.2) is 0 Å². The number of primary sulfonamides is 1. The monoisotopic (exact) mass is 482 g/mol. The van der Waals surface area contributed by atoms with Crippen LogP contribution in [-0.4, -0.2) is 73.8 Å². The smallest absolute Gasteiger partial charge is 0.239 e. The predicted octanol–water partition coefficient (Wildman–Crippen LogP) is 1.90. The standard InChI is InChI=1S/C24H32N7O2S/c1-31(2)11-9-16(10-12-31)13-19-7-8-21(18-5-3-17(4-6-18)20-14-26-15-20)22(23(19)34(25,32)33)24-27-29-30-28-24/h3-8,16,20,26H,9-15H2,1-2H3,(H2,25,32,33)(H,27,28,29,30)/q+1. The Morgan fingerprint density at radius 3 is 2.32 bits per heavy atom. The molecule has 2 aliphatic rings. The first-order valence-corrected chi connectivity index (χ1v) is 13.3. The van der Waals surface area contributed by atoms with E-state index in [-0.39, 0.29) is 10.7 Å². The molecule has 0 radical (unpaired) electrons. The first-order valence-electron chi connectivity index (χ1n) is 11.8. The molecular formula is C24H32N7O2S+. The number of rotatable bonds is 6. The summed E-state index contributed by atoms with van der Waals surface area (Å²) < 4.78 is 26.9. The summed E-state index contributed by atoms with van der Waals surface area (Å²) >= 11 is 0. The van der Waals surface area contributed by atoms with E-state index in [2.05, 4.69) is 52.2 Å². The van der Waals surface area contributed by atoms with Gasteiger partial charge in [-0.05, 0) is 52.6 Å². The largest absolute Gasteiger partial charge is 0.328 e. The van der Waals surface area contributed by atoms with Crippen molar-refractivity contribution in [1.82, 2.24) is 25.9 Å². The fourth-order valence-corrected chi connectivity index (χ4v) is 6.14. The molecule has 2 aliphatic heterocycles. The third kappa shape index (κ3) is 4.63. The lowest BCUT2D eigenvalue weighted by Crippen LogP contribution is -2.46. The van der Waals surface area contributed by atoms with Gasteiger partial charge in [0.05, 0.1) is 37.6 Å². The van der Waals surface area contributed by atoms with Gasteiger partial charge in [0.25, 0.3) is 0 Å². The summed E-state index contributed by atoms with van der Waals surface area (Å²) in [5.74, 6) is 1.16. The van der Waals surface area contributed by atoms with E-state index in [4.69, 9.17) is 5.14 Å². The third-order valence-electron chi connectivity index (χ3n) is 7.36. The molecule has 9 nitrogen and oxygen atoms in total. The van der Waals surface area contributed by atoms with Crippen LogP contribution < -0.4 is 10.5 Å². The number of hydrogen-bond donors (Lipinski definition) is 3. The van der Waals surface area contributed by atoms with Crippen LogP contribution in [0.3, 0.4) is 0 Å². The van der Waals surface area contributed by atoms with Crippen molar-refractivity contribution in [3.63, 3.8) is 0 Å². The van der Waals surface area contributed by atoms with Crippen LogP contribution in [0.5, 0.6) is 0 Å². The fourth-order valence-electron chi connectivity index (χ4n) is 5.14. The lowest BCUT2D eigenvalue weighted by Gasteiger charge is -2.37. The van der Waals surface area contributed by atoms with Crippen LogP contribution in [0.1, 0.15) is 29.9 Å². The summed E-state index contributed by atoms with van der Waals surface area (Å²) in [5, 5.41) is 23.6. The highest BCUT2D eigenvalue weighted by Gasteiger charge is 2.31. The molecule has 2 saturated heterocycles. The lowest BCUT2D eigenvalue weighted by molar-refractivity contribution is -0.896. The maximum atomic E-state index is 13.0. The van der Waals surface area contributed by atoms with E-state index in [1.165, 1.54) is 5.56 Å². The minimum atomic E-state index is -4.04. The van der Waals surface area contributed by atoms with Crippen LogP contribution in [-0.2, 0) is 16.4 Å². The molecule has 34 heavy (non-hydrogen) atoms. The second kappa shape index (κ2) is 8.84. The predicted molar refractivity (Wildman–Crippen MR) is 130 cm³/mol. The molecule has 0 amide bonds. The van der Waals surface area contributed by atoms with Gasteiger partial charge in [-0.1, -0.05) is 36.4 Å². The first-order chi connectivity index (χ1) is 16.2. The SMILES string of the molecule is C[N+]1(C)CCC(Cc2ccc(-c3ccc(C4CNC4)cc3)c(-c3nn[nH]n3)c2S(N)(=O)=O)CC1. The molecule has 2 aromatic carbocycles. The number of nitrogens with zero attached hydrogens (tertiary/aromatic N) is 4. The molecule has 1 aromatic heterocycles. The zero-order valence-corrected chi connectivity index (χ0v) is 20.5. The average Bonchev–Trinajstić information content (AvgIpc) is 3.28. The summed E-state index contributed by atoms with van der Waals surface area (Å²) in [6, 6.07) is 12.1. The van der Waals surface area contributed by atoms with E-state index in [0.717, 1.165) is 60.2 Å². The van der Waals surface area contributed by atoms with Crippen LogP contribution >= 0.6 is 0 Å². The molecule has 5 rings (SSSR count). The third-order valence-corrected chi connectivity index (χ3v) is 8.40. The highest BCUT2D eigenvalue weighted by molar-refractivity contribution is 7.89. The van der Waals surface area contributed by atoms with E-state index in [1.807, 2.05) is 24.3 Å². The number of aromatic nitrogens is 4. The Hall–Kier alpha value is -2.66. The van der Waals surface area contributed by atoms with Gasteiger partial charge < -0.3 is 9.80 Å². The molecule has 0 bridgehead atoms. The van der Waals surface area contributed by atoms with Crippen molar-refractivity contribution in [1.29, 1.82) is 0 Å². The number of benzene rings is 2. The zero-order chi connectivity index (χ0) is 23.9. The molecule has 180 valence electrons. The Balaban J connectivity index is 1.59. The molecular weight excluding hydrogens is 450 g/mol. The van der Waals surface area contributed by atoms with Gasteiger partial charge in [-0.2, -0.15) is 5.21 Å². The Kier molecular flexibility index (Phi) is 6.01. The van der Waals surface area contributed by atoms with Crippen LogP contribution in [0.2, 0.25) is 0 Å². The van der Waals surface area contributed by atoms with E-state index >= 15 is 0 Å². The van der Waals surface area contributed by atoms with Crippen molar-refractivity contribution in [2.45, 2.75) is 30.1 Å². The van der Waals surface area contributed by atoms with Gasteiger partial charge in [-0.25, -0.2) is 13.6 Å². The Bertz CT molecular complexity index is 1260. The van der Waals surface area contributed by atoms with E-state index in [9.17, 15) is 8.42 Å². The minimum absolute atomic E-state index is 0.109. The van der Waals surface area contributed by atoms with Crippen LogP contribution in [0.15, 0.2) is 41.3 Å². The number of piperidine rings is 1. The number of tetrazole rings is 1. The number of H-pyrrole nitrogens is 1. The van der Waals surface area contributed by atoms with Crippen molar-refractivity contribution in [3.8, 4) is 22.5 Å². The second-order valence-electron chi connectivity index (χ2n) is 10.3. The normalized spacial score (nSPS) is 19.1. The molecule has 3 aromatic rings. The molecule has 0 atom stereocenters. The van der Waals surface area contributed by atoms with Gasteiger partial charge in [-0.3, -0.25) is 0 Å². The summed E-state index contributed by atoms with van der Waals surface area (Å²) in [6.45, 7) is 4.12. The molecule has 0 spiro atoms. The molecule has 4 N–H and O–H groups in total. The zero-order valence-electron chi connectivity index (χ0n) is 19.7.